The van der Waals surface area contributed by atoms with Gasteiger partial charge in [-0.2, -0.15) is 0 Å². The van der Waals surface area contributed by atoms with Crippen molar-refractivity contribution in [3.63, 3.8) is 0 Å². The molecule has 0 aliphatic carbocycles. The maximum Gasteiger partial charge on any atom is 0.242 e. The zero-order valence-electron chi connectivity index (χ0n) is 17.7. The van der Waals surface area contributed by atoms with Crippen molar-refractivity contribution < 1.29 is 14.3 Å². The summed E-state index contributed by atoms with van der Waals surface area (Å²) in [6.45, 7) is 8.95. The monoisotopic (exact) mass is 414 g/mol. The maximum absolute atomic E-state index is 13.2. The standard InChI is InChI=1S/C23H30N2O3S/c1-5-22(26)25(16(2)3)14-23(27)24-12-10-21-19(11-13-29-21)20(24)15-28-18-8-6-17(4)7-9-18/h6-9,11,13,16,20H,5,10,12,14-15H2,1-4H3/t20-/m1/s1. The first kappa shape index (κ1) is 21.4. The van der Waals surface area contributed by atoms with E-state index < -0.39 is 0 Å². The summed E-state index contributed by atoms with van der Waals surface area (Å²) in [5.74, 6) is 0.791. The normalized spacial score (nSPS) is 15.9. The Labute approximate surface area is 177 Å². The third-order valence-electron chi connectivity index (χ3n) is 5.40. The van der Waals surface area contributed by atoms with Gasteiger partial charge in [0.2, 0.25) is 11.8 Å². The van der Waals surface area contributed by atoms with Crippen LogP contribution in [0.5, 0.6) is 5.75 Å². The predicted octanol–water partition coefficient (Wildman–Crippen LogP) is 4.21. The van der Waals surface area contributed by atoms with Crippen LogP contribution >= 0.6 is 11.3 Å². The van der Waals surface area contributed by atoms with Crippen LogP contribution in [0.25, 0.3) is 0 Å². The second-order valence-corrected chi connectivity index (χ2v) is 8.75. The molecule has 0 fully saturated rings. The van der Waals surface area contributed by atoms with Gasteiger partial charge in [0.05, 0.1) is 12.6 Å². The van der Waals surface area contributed by atoms with Gasteiger partial charge in [0, 0.05) is 23.9 Å². The molecule has 6 heteroatoms. The van der Waals surface area contributed by atoms with Gasteiger partial charge in [0.25, 0.3) is 0 Å². The molecular weight excluding hydrogens is 384 g/mol. The van der Waals surface area contributed by atoms with Crippen molar-refractivity contribution in [1.29, 1.82) is 0 Å². The highest BCUT2D eigenvalue weighted by Gasteiger charge is 2.33. The average molecular weight is 415 g/mol. The smallest absolute Gasteiger partial charge is 0.242 e. The molecule has 1 aliphatic rings. The van der Waals surface area contributed by atoms with Gasteiger partial charge >= 0.3 is 0 Å². The van der Waals surface area contributed by atoms with E-state index in [9.17, 15) is 9.59 Å². The first-order valence-electron chi connectivity index (χ1n) is 10.2. The Balaban J connectivity index is 1.77. The van der Waals surface area contributed by atoms with Gasteiger partial charge in [-0.25, -0.2) is 0 Å². The zero-order chi connectivity index (χ0) is 21.0. The minimum absolute atomic E-state index is 0.00448. The summed E-state index contributed by atoms with van der Waals surface area (Å²) in [7, 11) is 0. The summed E-state index contributed by atoms with van der Waals surface area (Å²) < 4.78 is 6.06. The van der Waals surface area contributed by atoms with Crippen molar-refractivity contribution in [2.24, 2.45) is 0 Å². The SMILES string of the molecule is CCC(=O)N(CC(=O)N1CCc2sccc2[C@H]1COc1ccc(C)cc1)C(C)C. The molecule has 0 N–H and O–H groups in total. The van der Waals surface area contributed by atoms with E-state index in [1.807, 2.05) is 56.9 Å². The molecule has 2 aromatic rings. The van der Waals surface area contributed by atoms with Crippen molar-refractivity contribution in [3.8, 4) is 5.75 Å². The van der Waals surface area contributed by atoms with E-state index >= 15 is 0 Å². The largest absolute Gasteiger partial charge is 0.491 e. The fourth-order valence-electron chi connectivity index (χ4n) is 3.68. The molecule has 0 bridgehead atoms. The Bertz CT molecular complexity index is 844. The molecule has 1 aromatic heterocycles. The van der Waals surface area contributed by atoms with Crippen LogP contribution in [0.15, 0.2) is 35.7 Å². The van der Waals surface area contributed by atoms with E-state index in [2.05, 4.69) is 11.4 Å². The number of carbonyl (C=O) groups is 2. The molecular formula is C23H30N2O3S. The summed E-state index contributed by atoms with van der Waals surface area (Å²) in [6, 6.07) is 9.91. The van der Waals surface area contributed by atoms with E-state index in [0.29, 0.717) is 19.6 Å². The summed E-state index contributed by atoms with van der Waals surface area (Å²) in [5.41, 5.74) is 2.35. The lowest BCUT2D eigenvalue weighted by Crippen LogP contribution is -2.49. The number of rotatable bonds is 7. The lowest BCUT2D eigenvalue weighted by Gasteiger charge is -2.37. The molecule has 2 heterocycles. The Morgan fingerprint density at radius 3 is 2.62 bits per heavy atom. The Morgan fingerprint density at radius 1 is 1.24 bits per heavy atom. The molecule has 2 amide bonds. The lowest BCUT2D eigenvalue weighted by molar-refractivity contribution is -0.144. The van der Waals surface area contributed by atoms with Gasteiger partial charge in [0.1, 0.15) is 12.4 Å². The summed E-state index contributed by atoms with van der Waals surface area (Å²) in [6.07, 6.45) is 1.25. The molecule has 0 unspecified atom stereocenters. The van der Waals surface area contributed by atoms with Crippen LogP contribution in [0.2, 0.25) is 0 Å². The minimum Gasteiger partial charge on any atom is -0.491 e. The van der Waals surface area contributed by atoms with Crippen LogP contribution in [0, 0.1) is 6.92 Å². The highest BCUT2D eigenvalue weighted by Crippen LogP contribution is 2.34. The van der Waals surface area contributed by atoms with Gasteiger partial charge in [-0.15, -0.1) is 11.3 Å². The molecule has 1 aromatic carbocycles. The second kappa shape index (κ2) is 9.44. The molecule has 0 radical (unpaired) electrons. The lowest BCUT2D eigenvalue weighted by atomic mass is 10.00. The first-order chi connectivity index (χ1) is 13.9. The van der Waals surface area contributed by atoms with Crippen molar-refractivity contribution in [2.75, 3.05) is 19.7 Å². The number of ether oxygens (including phenoxy) is 1. The average Bonchev–Trinajstić information content (AvgIpc) is 3.19. The Morgan fingerprint density at radius 2 is 1.97 bits per heavy atom. The predicted molar refractivity (Wildman–Crippen MR) is 116 cm³/mol. The minimum atomic E-state index is -0.135. The van der Waals surface area contributed by atoms with Crippen LogP contribution < -0.4 is 4.74 Å². The summed E-state index contributed by atoms with van der Waals surface area (Å²) in [5, 5.41) is 2.08. The van der Waals surface area contributed by atoms with Crippen LogP contribution in [0.1, 0.15) is 49.2 Å². The third-order valence-corrected chi connectivity index (χ3v) is 6.39. The number of hydrogen-bond donors (Lipinski definition) is 0. The van der Waals surface area contributed by atoms with Crippen LogP contribution in [0.4, 0.5) is 0 Å². The molecule has 0 saturated heterocycles. The zero-order valence-corrected chi connectivity index (χ0v) is 18.5. The van der Waals surface area contributed by atoms with Crippen LogP contribution in [0.3, 0.4) is 0 Å². The van der Waals surface area contributed by atoms with Gasteiger partial charge in [-0.1, -0.05) is 24.6 Å². The van der Waals surface area contributed by atoms with E-state index in [4.69, 9.17) is 4.74 Å². The van der Waals surface area contributed by atoms with Gasteiger partial charge in [-0.05, 0) is 56.3 Å². The number of nitrogens with zero attached hydrogens (tertiary/aromatic N) is 2. The quantitative estimate of drug-likeness (QED) is 0.682. The number of fused-ring (bicyclic) bond motifs is 1. The number of benzene rings is 1. The van der Waals surface area contributed by atoms with Crippen LogP contribution in [-0.2, 0) is 16.0 Å². The number of aryl methyl sites for hydroxylation is 1. The number of carbonyl (C=O) groups excluding carboxylic acids is 2. The number of hydrogen-bond acceptors (Lipinski definition) is 4. The number of thiophene rings is 1. The Kier molecular flexibility index (Phi) is 6.96. The molecule has 5 nitrogen and oxygen atoms in total. The maximum atomic E-state index is 13.2. The van der Waals surface area contributed by atoms with Crippen molar-refractivity contribution in [1.82, 2.24) is 9.80 Å². The molecule has 1 atom stereocenters. The van der Waals surface area contributed by atoms with Crippen molar-refractivity contribution >= 4 is 23.2 Å². The fourth-order valence-corrected chi connectivity index (χ4v) is 4.61. The molecule has 156 valence electrons. The topological polar surface area (TPSA) is 49.9 Å². The second-order valence-electron chi connectivity index (χ2n) is 7.75. The van der Waals surface area contributed by atoms with Crippen molar-refractivity contribution in [3.05, 3.63) is 51.7 Å². The summed E-state index contributed by atoms with van der Waals surface area (Å²) >= 11 is 1.74. The molecule has 29 heavy (non-hydrogen) atoms. The van der Waals surface area contributed by atoms with Crippen LogP contribution in [-0.4, -0.2) is 47.4 Å². The summed E-state index contributed by atoms with van der Waals surface area (Å²) in [4.78, 5) is 30.4. The fraction of sp³-hybridized carbons (Fsp3) is 0.478. The molecule has 3 rings (SSSR count). The molecule has 1 aliphatic heterocycles. The van der Waals surface area contributed by atoms with E-state index in [-0.39, 0.29) is 30.4 Å². The van der Waals surface area contributed by atoms with E-state index in [0.717, 1.165) is 12.2 Å². The molecule has 0 saturated carbocycles. The van der Waals surface area contributed by atoms with Gasteiger partial charge in [-0.3, -0.25) is 9.59 Å². The van der Waals surface area contributed by atoms with Gasteiger partial charge < -0.3 is 14.5 Å². The van der Waals surface area contributed by atoms with Gasteiger partial charge in [0.15, 0.2) is 0 Å². The van der Waals surface area contributed by atoms with E-state index in [1.165, 1.54) is 16.0 Å². The van der Waals surface area contributed by atoms with E-state index in [1.54, 1.807) is 16.2 Å². The highest BCUT2D eigenvalue weighted by atomic mass is 32.1. The highest BCUT2D eigenvalue weighted by molar-refractivity contribution is 7.10. The van der Waals surface area contributed by atoms with Crippen molar-refractivity contribution in [2.45, 2.75) is 52.6 Å². The first-order valence-corrected chi connectivity index (χ1v) is 11.1. The third kappa shape index (κ3) is 4.99. The number of amides is 2. The Hall–Kier alpha value is -2.34. The molecule has 0 spiro atoms.